The first kappa shape index (κ1) is 16.4. The van der Waals surface area contributed by atoms with Crippen LogP contribution in [-0.2, 0) is 10.2 Å². The Morgan fingerprint density at radius 1 is 1.18 bits per heavy atom. The lowest BCUT2D eigenvalue weighted by Crippen LogP contribution is -2.40. The van der Waals surface area contributed by atoms with Crippen molar-refractivity contribution in [3.05, 3.63) is 41.6 Å². The molecule has 0 heterocycles. The topological polar surface area (TPSA) is 50.4 Å². The third-order valence-corrected chi connectivity index (χ3v) is 3.74. The molecule has 2 rings (SSSR count). The second kappa shape index (κ2) is 7.34. The lowest BCUT2D eigenvalue weighted by atomic mass is 9.87. The first-order valence-corrected chi connectivity index (χ1v) is 7.92. The highest BCUT2D eigenvalue weighted by molar-refractivity contribution is 5.77. The van der Waals surface area contributed by atoms with E-state index in [9.17, 15) is 4.79 Å². The lowest BCUT2D eigenvalue weighted by molar-refractivity contribution is -0.123. The molecule has 1 aromatic rings. The van der Waals surface area contributed by atoms with Crippen LogP contribution < -0.4 is 15.6 Å². The Labute approximate surface area is 132 Å². The number of allylic oxidation sites excluding steroid dienone is 2. The van der Waals surface area contributed by atoms with E-state index in [1.807, 2.05) is 24.3 Å². The van der Waals surface area contributed by atoms with Gasteiger partial charge in [0.2, 0.25) is 0 Å². The number of carbonyl (C=O) groups excluding carboxylic acids is 1. The van der Waals surface area contributed by atoms with Crippen LogP contribution in [0.25, 0.3) is 0 Å². The van der Waals surface area contributed by atoms with E-state index in [2.05, 4.69) is 37.7 Å². The van der Waals surface area contributed by atoms with E-state index in [0.29, 0.717) is 5.75 Å². The molecule has 120 valence electrons. The van der Waals surface area contributed by atoms with Gasteiger partial charge >= 0.3 is 0 Å². The molecule has 0 fully saturated rings. The third-order valence-electron chi connectivity index (χ3n) is 3.74. The highest BCUT2D eigenvalue weighted by atomic mass is 16.5. The molecule has 0 unspecified atom stereocenters. The van der Waals surface area contributed by atoms with Crippen molar-refractivity contribution in [1.29, 1.82) is 0 Å². The summed E-state index contributed by atoms with van der Waals surface area (Å²) in [5.41, 5.74) is 8.10. The van der Waals surface area contributed by atoms with Crippen LogP contribution in [-0.4, -0.2) is 12.5 Å². The van der Waals surface area contributed by atoms with Gasteiger partial charge in [0, 0.05) is 5.70 Å². The van der Waals surface area contributed by atoms with Gasteiger partial charge in [0.1, 0.15) is 5.75 Å². The normalized spacial score (nSPS) is 15.0. The Bertz CT molecular complexity index is 527. The molecule has 4 heteroatoms. The maximum absolute atomic E-state index is 11.8. The number of hydrogen-bond acceptors (Lipinski definition) is 3. The van der Waals surface area contributed by atoms with Gasteiger partial charge in [-0.15, -0.1) is 0 Å². The molecule has 1 aliphatic carbocycles. The molecule has 1 aliphatic rings. The molecule has 0 atom stereocenters. The van der Waals surface area contributed by atoms with Crippen LogP contribution in [0.3, 0.4) is 0 Å². The van der Waals surface area contributed by atoms with Crippen LogP contribution in [0.1, 0.15) is 52.0 Å². The number of hydrazine groups is 1. The van der Waals surface area contributed by atoms with Crippen LogP contribution >= 0.6 is 0 Å². The van der Waals surface area contributed by atoms with Crippen molar-refractivity contribution in [1.82, 2.24) is 10.9 Å². The van der Waals surface area contributed by atoms with E-state index >= 15 is 0 Å². The molecule has 1 amide bonds. The largest absolute Gasteiger partial charge is 0.484 e. The second-order valence-electron chi connectivity index (χ2n) is 6.71. The Morgan fingerprint density at radius 2 is 1.91 bits per heavy atom. The minimum atomic E-state index is -0.175. The number of amides is 1. The second-order valence-corrected chi connectivity index (χ2v) is 6.71. The minimum Gasteiger partial charge on any atom is -0.484 e. The van der Waals surface area contributed by atoms with Crippen molar-refractivity contribution in [2.45, 2.75) is 51.9 Å². The summed E-state index contributed by atoms with van der Waals surface area (Å²) in [4.78, 5) is 11.8. The summed E-state index contributed by atoms with van der Waals surface area (Å²) in [6, 6.07) is 7.90. The van der Waals surface area contributed by atoms with Crippen LogP contribution in [0.15, 0.2) is 36.0 Å². The average Bonchev–Trinajstić information content (AvgIpc) is 2.51. The SMILES string of the molecule is CC(C)(C)c1ccc(OCC(=O)NNC2=CCCCC2)cc1. The van der Waals surface area contributed by atoms with Gasteiger partial charge in [-0.2, -0.15) is 0 Å². The van der Waals surface area contributed by atoms with Crippen LogP contribution in [0.4, 0.5) is 0 Å². The van der Waals surface area contributed by atoms with Gasteiger partial charge in [0.25, 0.3) is 5.91 Å². The van der Waals surface area contributed by atoms with Crippen LogP contribution in [0.2, 0.25) is 0 Å². The molecule has 0 aliphatic heterocycles. The number of benzene rings is 1. The fraction of sp³-hybridized carbons (Fsp3) is 0.500. The molecule has 0 radical (unpaired) electrons. The van der Waals surface area contributed by atoms with Crippen LogP contribution in [0.5, 0.6) is 5.75 Å². The first-order valence-electron chi connectivity index (χ1n) is 7.92. The maximum atomic E-state index is 11.8. The first-order chi connectivity index (χ1) is 10.4. The number of ether oxygens (including phenoxy) is 1. The summed E-state index contributed by atoms with van der Waals surface area (Å²) < 4.78 is 5.50. The molecule has 0 saturated carbocycles. The number of carbonyl (C=O) groups is 1. The molecule has 4 nitrogen and oxygen atoms in total. The fourth-order valence-corrected chi connectivity index (χ4v) is 2.34. The fourth-order valence-electron chi connectivity index (χ4n) is 2.34. The highest BCUT2D eigenvalue weighted by Crippen LogP contribution is 2.24. The zero-order chi connectivity index (χ0) is 16.0. The molecule has 0 spiro atoms. The Balaban J connectivity index is 1.75. The quantitative estimate of drug-likeness (QED) is 0.819. The van der Waals surface area contributed by atoms with Crippen molar-refractivity contribution in [2.75, 3.05) is 6.61 Å². The van der Waals surface area contributed by atoms with Gasteiger partial charge in [-0.3, -0.25) is 10.2 Å². The smallest absolute Gasteiger partial charge is 0.276 e. The van der Waals surface area contributed by atoms with E-state index in [1.165, 1.54) is 18.4 Å². The predicted molar refractivity (Wildman–Crippen MR) is 88.5 cm³/mol. The monoisotopic (exact) mass is 302 g/mol. The Kier molecular flexibility index (Phi) is 5.47. The zero-order valence-electron chi connectivity index (χ0n) is 13.7. The van der Waals surface area contributed by atoms with Crippen molar-refractivity contribution in [3.8, 4) is 5.75 Å². The number of hydrogen-bond donors (Lipinski definition) is 2. The summed E-state index contributed by atoms with van der Waals surface area (Å²) in [6.45, 7) is 6.51. The van der Waals surface area contributed by atoms with Crippen molar-refractivity contribution in [2.24, 2.45) is 0 Å². The molecular formula is C18H26N2O2. The molecule has 2 N–H and O–H groups in total. The van der Waals surface area contributed by atoms with Gasteiger partial charge in [-0.1, -0.05) is 39.0 Å². The summed E-state index contributed by atoms with van der Waals surface area (Å²) in [5, 5.41) is 0. The molecule has 22 heavy (non-hydrogen) atoms. The Morgan fingerprint density at radius 3 is 2.50 bits per heavy atom. The molecule has 0 saturated heterocycles. The Hall–Kier alpha value is -1.97. The summed E-state index contributed by atoms with van der Waals surface area (Å²) in [5.74, 6) is 0.534. The van der Waals surface area contributed by atoms with Gasteiger partial charge in [-0.25, -0.2) is 0 Å². The lowest BCUT2D eigenvalue weighted by Gasteiger charge is -2.19. The predicted octanol–water partition coefficient (Wildman–Crippen LogP) is 3.44. The summed E-state index contributed by atoms with van der Waals surface area (Å²) in [7, 11) is 0. The average molecular weight is 302 g/mol. The summed E-state index contributed by atoms with van der Waals surface area (Å²) >= 11 is 0. The minimum absolute atomic E-state index is 0.00907. The van der Waals surface area contributed by atoms with E-state index in [0.717, 1.165) is 18.5 Å². The molecular weight excluding hydrogens is 276 g/mol. The zero-order valence-corrected chi connectivity index (χ0v) is 13.7. The number of rotatable bonds is 5. The van der Waals surface area contributed by atoms with E-state index in [4.69, 9.17) is 4.74 Å². The van der Waals surface area contributed by atoms with E-state index in [-0.39, 0.29) is 17.9 Å². The number of nitrogens with one attached hydrogen (secondary N) is 2. The van der Waals surface area contributed by atoms with Gasteiger partial charge < -0.3 is 10.2 Å². The molecule has 1 aromatic carbocycles. The van der Waals surface area contributed by atoms with Crippen molar-refractivity contribution >= 4 is 5.91 Å². The van der Waals surface area contributed by atoms with Crippen LogP contribution in [0, 0.1) is 0 Å². The third kappa shape index (κ3) is 5.10. The summed E-state index contributed by atoms with van der Waals surface area (Å²) in [6.07, 6.45) is 6.61. The van der Waals surface area contributed by atoms with Gasteiger partial charge in [0.05, 0.1) is 0 Å². The van der Waals surface area contributed by atoms with Gasteiger partial charge in [-0.05, 0) is 48.8 Å². The molecule has 0 aromatic heterocycles. The van der Waals surface area contributed by atoms with E-state index in [1.54, 1.807) is 0 Å². The van der Waals surface area contributed by atoms with Crippen molar-refractivity contribution < 1.29 is 9.53 Å². The van der Waals surface area contributed by atoms with E-state index < -0.39 is 0 Å². The molecule has 0 bridgehead atoms. The van der Waals surface area contributed by atoms with Crippen molar-refractivity contribution in [3.63, 3.8) is 0 Å². The maximum Gasteiger partial charge on any atom is 0.276 e. The van der Waals surface area contributed by atoms with Gasteiger partial charge in [0.15, 0.2) is 6.61 Å². The standard InChI is InChI=1S/C18H26N2O2/c1-18(2,3)14-9-11-16(12-10-14)22-13-17(21)20-19-15-7-5-4-6-8-15/h7,9-12,19H,4-6,8,13H2,1-3H3,(H,20,21). The highest BCUT2D eigenvalue weighted by Gasteiger charge is 2.13.